The Bertz CT molecular complexity index is 511. The van der Waals surface area contributed by atoms with Gasteiger partial charge in [0.25, 0.3) is 0 Å². The lowest BCUT2D eigenvalue weighted by molar-refractivity contribution is -0.134. The quantitative estimate of drug-likeness (QED) is 0.854. The minimum absolute atomic E-state index is 0. The number of fused-ring (bicyclic) bond motifs is 1. The van der Waals surface area contributed by atoms with Crippen LogP contribution in [0.1, 0.15) is 31.2 Å². The van der Waals surface area contributed by atoms with E-state index in [1.807, 2.05) is 24.3 Å². The molecule has 116 valence electrons. The zero-order valence-electron chi connectivity index (χ0n) is 12.0. The second-order valence-corrected chi connectivity index (χ2v) is 6.86. The lowest BCUT2D eigenvalue weighted by Gasteiger charge is -2.37. The summed E-state index contributed by atoms with van der Waals surface area (Å²) in [5.41, 5.74) is 0.982. The number of halogens is 2. The van der Waals surface area contributed by atoms with Crippen LogP contribution in [0, 0.1) is 11.3 Å². The number of rotatable bonds is 3. The molecule has 1 saturated carbocycles. The van der Waals surface area contributed by atoms with Gasteiger partial charge >= 0.3 is 0 Å². The Morgan fingerprint density at radius 3 is 3.00 bits per heavy atom. The van der Waals surface area contributed by atoms with E-state index in [1.54, 1.807) is 0 Å². The Hall–Kier alpha value is -0.580. The number of carbonyl (C=O) groups excluding carboxylic acids is 1. The van der Waals surface area contributed by atoms with E-state index in [0.717, 1.165) is 29.5 Å². The van der Waals surface area contributed by atoms with Gasteiger partial charge in [0.2, 0.25) is 5.91 Å². The lowest BCUT2D eigenvalue weighted by atomic mass is 9.67. The highest BCUT2D eigenvalue weighted by molar-refractivity contribution is 9.10. The fourth-order valence-electron chi connectivity index (χ4n) is 3.68. The summed E-state index contributed by atoms with van der Waals surface area (Å²) in [7, 11) is 0. The van der Waals surface area contributed by atoms with Crippen LogP contribution in [0.5, 0.6) is 0 Å². The maximum absolute atomic E-state index is 12.7. The Morgan fingerprint density at radius 1 is 1.38 bits per heavy atom. The number of hydrogen-bond acceptors (Lipinski definition) is 2. The van der Waals surface area contributed by atoms with E-state index >= 15 is 0 Å². The van der Waals surface area contributed by atoms with Crippen LogP contribution < -0.4 is 10.6 Å². The fraction of sp³-hybridized carbons (Fsp3) is 0.562. The summed E-state index contributed by atoms with van der Waals surface area (Å²) in [4.78, 5) is 12.7. The molecule has 2 aliphatic rings. The highest BCUT2D eigenvalue weighted by Crippen LogP contribution is 2.43. The van der Waals surface area contributed by atoms with Gasteiger partial charge in [-0.05, 0) is 36.9 Å². The summed E-state index contributed by atoms with van der Waals surface area (Å²) in [6.07, 6.45) is 4.67. The molecule has 1 amide bonds. The molecule has 21 heavy (non-hydrogen) atoms. The SMILES string of the molecule is Cl.O=C(NCc1ccccc1Br)[C@@]12CCCC[C@H]1CNC2. The maximum Gasteiger partial charge on any atom is 0.228 e. The van der Waals surface area contributed by atoms with Crippen molar-refractivity contribution in [1.82, 2.24) is 10.6 Å². The standard InChI is InChI=1S/C16H21BrN2O.ClH/c17-14-7-2-1-5-12(14)9-19-15(20)16-8-4-3-6-13(16)10-18-11-16;/h1-2,5,7,13,18H,3-4,6,8-11H2,(H,19,20);1H/t13-,16+;/m0./s1. The Kier molecular flexibility index (Phi) is 5.69. The average Bonchev–Trinajstić information content (AvgIpc) is 2.91. The van der Waals surface area contributed by atoms with E-state index in [-0.39, 0.29) is 23.7 Å². The number of carbonyl (C=O) groups is 1. The molecule has 1 saturated heterocycles. The highest BCUT2D eigenvalue weighted by atomic mass is 79.9. The van der Waals surface area contributed by atoms with E-state index in [9.17, 15) is 4.79 Å². The molecule has 0 spiro atoms. The third-order valence-corrected chi connectivity index (χ3v) is 5.66. The van der Waals surface area contributed by atoms with Gasteiger partial charge in [-0.3, -0.25) is 4.79 Å². The van der Waals surface area contributed by atoms with Crippen molar-refractivity contribution in [1.29, 1.82) is 0 Å². The van der Waals surface area contributed by atoms with E-state index < -0.39 is 0 Å². The molecule has 3 nitrogen and oxygen atoms in total. The molecule has 2 atom stereocenters. The van der Waals surface area contributed by atoms with Crippen molar-refractivity contribution in [2.75, 3.05) is 13.1 Å². The van der Waals surface area contributed by atoms with Crippen LogP contribution in [0.15, 0.2) is 28.7 Å². The topological polar surface area (TPSA) is 41.1 Å². The molecule has 2 fully saturated rings. The molecule has 3 rings (SSSR count). The summed E-state index contributed by atoms with van der Waals surface area (Å²) in [6.45, 7) is 2.45. The first-order chi connectivity index (χ1) is 9.72. The van der Waals surface area contributed by atoms with Gasteiger partial charge in [0.05, 0.1) is 5.41 Å². The molecular formula is C16H22BrClN2O. The van der Waals surface area contributed by atoms with Crippen molar-refractivity contribution in [3.63, 3.8) is 0 Å². The van der Waals surface area contributed by atoms with E-state index in [1.165, 1.54) is 19.3 Å². The number of benzene rings is 1. The molecule has 1 aromatic carbocycles. The molecule has 0 aromatic heterocycles. The predicted octanol–water partition coefficient (Wildman–Crippen LogP) is 3.27. The van der Waals surface area contributed by atoms with Gasteiger partial charge in [0, 0.05) is 17.6 Å². The summed E-state index contributed by atoms with van der Waals surface area (Å²) in [5, 5.41) is 6.59. The minimum atomic E-state index is -0.153. The van der Waals surface area contributed by atoms with Crippen molar-refractivity contribution < 1.29 is 4.79 Å². The number of hydrogen-bond donors (Lipinski definition) is 2. The molecular weight excluding hydrogens is 352 g/mol. The molecule has 0 bridgehead atoms. The van der Waals surface area contributed by atoms with Gasteiger partial charge < -0.3 is 10.6 Å². The van der Waals surface area contributed by atoms with Gasteiger partial charge in [0.15, 0.2) is 0 Å². The Morgan fingerprint density at radius 2 is 2.19 bits per heavy atom. The Labute approximate surface area is 140 Å². The largest absolute Gasteiger partial charge is 0.351 e. The van der Waals surface area contributed by atoms with Crippen molar-refractivity contribution in [2.45, 2.75) is 32.2 Å². The number of amides is 1. The summed E-state index contributed by atoms with van der Waals surface area (Å²) in [5.74, 6) is 0.762. The maximum atomic E-state index is 12.7. The van der Waals surface area contributed by atoms with Gasteiger partial charge in [-0.25, -0.2) is 0 Å². The molecule has 0 unspecified atom stereocenters. The number of nitrogens with one attached hydrogen (secondary N) is 2. The first-order valence-corrected chi connectivity index (χ1v) is 8.24. The van der Waals surface area contributed by atoms with Crippen LogP contribution in [-0.4, -0.2) is 19.0 Å². The van der Waals surface area contributed by atoms with Crippen molar-refractivity contribution >= 4 is 34.2 Å². The first-order valence-electron chi connectivity index (χ1n) is 7.45. The van der Waals surface area contributed by atoms with Crippen molar-refractivity contribution in [3.8, 4) is 0 Å². The second kappa shape index (κ2) is 7.12. The molecule has 1 heterocycles. The third-order valence-electron chi connectivity index (χ3n) is 4.89. The molecule has 0 radical (unpaired) electrons. The zero-order valence-corrected chi connectivity index (χ0v) is 14.4. The normalized spacial score (nSPS) is 27.6. The van der Waals surface area contributed by atoms with Crippen LogP contribution in [0.3, 0.4) is 0 Å². The van der Waals surface area contributed by atoms with E-state index in [4.69, 9.17) is 0 Å². The van der Waals surface area contributed by atoms with Crippen LogP contribution in [0.2, 0.25) is 0 Å². The van der Waals surface area contributed by atoms with Crippen LogP contribution >= 0.6 is 28.3 Å². The van der Waals surface area contributed by atoms with E-state index in [0.29, 0.717) is 12.5 Å². The zero-order chi connectivity index (χ0) is 14.0. The third kappa shape index (κ3) is 3.27. The lowest BCUT2D eigenvalue weighted by Crippen LogP contribution is -2.47. The molecule has 1 aliphatic carbocycles. The summed E-state index contributed by atoms with van der Waals surface area (Å²) >= 11 is 3.53. The molecule has 5 heteroatoms. The summed E-state index contributed by atoms with van der Waals surface area (Å²) in [6, 6.07) is 8.06. The van der Waals surface area contributed by atoms with Crippen molar-refractivity contribution in [3.05, 3.63) is 34.3 Å². The molecule has 1 aliphatic heterocycles. The molecule has 1 aromatic rings. The first kappa shape index (κ1) is 16.8. The predicted molar refractivity (Wildman–Crippen MR) is 90.5 cm³/mol. The van der Waals surface area contributed by atoms with Crippen molar-refractivity contribution in [2.24, 2.45) is 11.3 Å². The average molecular weight is 374 g/mol. The van der Waals surface area contributed by atoms with Gasteiger partial charge in [-0.1, -0.05) is 47.0 Å². The van der Waals surface area contributed by atoms with Crippen LogP contribution in [0.4, 0.5) is 0 Å². The smallest absolute Gasteiger partial charge is 0.228 e. The monoisotopic (exact) mass is 372 g/mol. The highest BCUT2D eigenvalue weighted by Gasteiger charge is 2.49. The minimum Gasteiger partial charge on any atom is -0.351 e. The van der Waals surface area contributed by atoms with Gasteiger partial charge in [-0.2, -0.15) is 0 Å². The van der Waals surface area contributed by atoms with E-state index in [2.05, 4.69) is 26.6 Å². The Balaban J connectivity index is 0.00000161. The van der Waals surface area contributed by atoms with Crippen LogP contribution in [-0.2, 0) is 11.3 Å². The summed E-state index contributed by atoms with van der Waals surface area (Å²) < 4.78 is 1.06. The fourth-order valence-corrected chi connectivity index (χ4v) is 4.11. The van der Waals surface area contributed by atoms with Crippen LogP contribution in [0.25, 0.3) is 0 Å². The second-order valence-electron chi connectivity index (χ2n) is 6.00. The molecule has 2 N–H and O–H groups in total. The van der Waals surface area contributed by atoms with Gasteiger partial charge in [0.1, 0.15) is 0 Å². The van der Waals surface area contributed by atoms with Gasteiger partial charge in [-0.15, -0.1) is 12.4 Å².